The molecule has 5 nitrogen and oxygen atoms in total. The molecular weight excluding hydrogens is 262 g/mol. The quantitative estimate of drug-likeness (QED) is 0.800. The van der Waals surface area contributed by atoms with Gasteiger partial charge < -0.3 is 16.4 Å². The lowest BCUT2D eigenvalue weighted by molar-refractivity contribution is 1.12. The molecule has 0 radical (unpaired) electrons. The first-order valence-corrected chi connectivity index (χ1v) is 6.38. The van der Waals surface area contributed by atoms with Crippen LogP contribution in [0.3, 0.4) is 0 Å². The molecule has 1 aromatic heterocycles. The number of hydrogen-bond donors (Lipinski definition) is 3. The van der Waals surface area contributed by atoms with Crippen molar-refractivity contribution >= 4 is 34.9 Å². The lowest BCUT2D eigenvalue weighted by atomic mass is 10.2. The van der Waals surface area contributed by atoms with Crippen LogP contribution in [0.25, 0.3) is 0 Å². The second kappa shape index (κ2) is 5.75. The van der Waals surface area contributed by atoms with E-state index in [9.17, 15) is 0 Å². The monoisotopic (exact) mass is 277 g/mol. The average Bonchev–Trinajstić information content (AvgIpc) is 2.33. The average molecular weight is 278 g/mol. The smallest absolute Gasteiger partial charge is 0.223 e. The van der Waals surface area contributed by atoms with Gasteiger partial charge in [0.15, 0.2) is 0 Å². The Morgan fingerprint density at radius 1 is 1.21 bits per heavy atom. The molecule has 1 heterocycles. The molecule has 6 heteroatoms. The maximum atomic E-state index is 6.13. The fraction of sp³-hybridized carbons (Fsp3) is 0.231. The fourth-order valence-corrected chi connectivity index (χ4v) is 1.84. The van der Waals surface area contributed by atoms with Crippen LogP contribution in [0.1, 0.15) is 12.5 Å². The minimum absolute atomic E-state index is 0.213. The molecule has 0 amide bonds. The van der Waals surface area contributed by atoms with Gasteiger partial charge in [-0.15, -0.1) is 0 Å². The topological polar surface area (TPSA) is 75.9 Å². The van der Waals surface area contributed by atoms with E-state index in [0.717, 1.165) is 17.8 Å². The van der Waals surface area contributed by atoms with Gasteiger partial charge in [0.05, 0.1) is 10.7 Å². The highest BCUT2D eigenvalue weighted by atomic mass is 35.5. The van der Waals surface area contributed by atoms with Crippen molar-refractivity contribution in [3.8, 4) is 0 Å². The molecule has 0 spiro atoms. The Labute approximate surface area is 117 Å². The highest BCUT2D eigenvalue weighted by molar-refractivity contribution is 6.33. The Bertz CT molecular complexity index is 585. The largest absolute Gasteiger partial charge is 0.370 e. The van der Waals surface area contributed by atoms with Gasteiger partial charge in [-0.2, -0.15) is 9.97 Å². The Morgan fingerprint density at radius 2 is 1.95 bits per heavy atom. The van der Waals surface area contributed by atoms with Gasteiger partial charge in [-0.05, 0) is 31.5 Å². The van der Waals surface area contributed by atoms with Gasteiger partial charge in [-0.25, -0.2) is 0 Å². The summed E-state index contributed by atoms with van der Waals surface area (Å²) in [5.41, 5.74) is 7.58. The van der Waals surface area contributed by atoms with Crippen LogP contribution in [0.4, 0.5) is 23.3 Å². The van der Waals surface area contributed by atoms with Gasteiger partial charge in [0, 0.05) is 12.6 Å². The van der Waals surface area contributed by atoms with E-state index < -0.39 is 0 Å². The summed E-state index contributed by atoms with van der Waals surface area (Å²) in [6.45, 7) is 4.75. The number of anilines is 4. The summed E-state index contributed by atoms with van der Waals surface area (Å²) in [5, 5.41) is 6.88. The van der Waals surface area contributed by atoms with Crippen molar-refractivity contribution in [1.29, 1.82) is 0 Å². The summed E-state index contributed by atoms with van der Waals surface area (Å²) in [6.07, 6.45) is 0. The highest BCUT2D eigenvalue weighted by Crippen LogP contribution is 2.26. The van der Waals surface area contributed by atoms with Crippen LogP contribution in [-0.4, -0.2) is 16.5 Å². The number of nitrogen functional groups attached to an aromatic ring is 1. The molecule has 0 aliphatic carbocycles. The van der Waals surface area contributed by atoms with Crippen LogP contribution in [0, 0.1) is 6.92 Å². The second-order valence-corrected chi connectivity index (χ2v) is 4.54. The Morgan fingerprint density at radius 3 is 2.68 bits per heavy atom. The van der Waals surface area contributed by atoms with E-state index >= 15 is 0 Å². The molecule has 1 aromatic carbocycles. The number of nitrogens with zero attached hydrogens (tertiary/aromatic N) is 2. The molecule has 0 aliphatic rings. The fourth-order valence-electron chi connectivity index (χ4n) is 1.67. The number of rotatable bonds is 4. The lowest BCUT2D eigenvalue weighted by Gasteiger charge is -2.10. The van der Waals surface area contributed by atoms with Crippen molar-refractivity contribution in [2.75, 3.05) is 22.9 Å². The summed E-state index contributed by atoms with van der Waals surface area (Å²) >= 11 is 6.13. The Balaban J connectivity index is 2.29. The van der Waals surface area contributed by atoms with E-state index in [0.29, 0.717) is 16.7 Å². The first-order chi connectivity index (χ1) is 9.08. The molecule has 0 saturated heterocycles. The summed E-state index contributed by atoms with van der Waals surface area (Å²) in [4.78, 5) is 8.23. The molecule has 0 saturated carbocycles. The molecule has 2 rings (SSSR count). The maximum Gasteiger partial charge on any atom is 0.223 e. The summed E-state index contributed by atoms with van der Waals surface area (Å²) < 4.78 is 0. The standard InChI is InChI=1S/C13H16ClN5/c1-3-16-11-7-12(19-13(15)18-11)17-10-6-8(2)4-5-9(10)14/h4-7H,3H2,1-2H3,(H4,15,16,17,18,19). The third-order valence-electron chi connectivity index (χ3n) is 2.49. The van der Waals surface area contributed by atoms with Crippen molar-refractivity contribution in [1.82, 2.24) is 9.97 Å². The number of halogens is 1. The summed E-state index contributed by atoms with van der Waals surface area (Å²) in [5.74, 6) is 1.50. The number of aryl methyl sites for hydroxylation is 1. The zero-order chi connectivity index (χ0) is 13.8. The molecule has 100 valence electrons. The number of benzene rings is 1. The molecular formula is C13H16ClN5. The van der Waals surface area contributed by atoms with Crippen molar-refractivity contribution in [2.45, 2.75) is 13.8 Å². The number of nitrogens with one attached hydrogen (secondary N) is 2. The molecule has 4 N–H and O–H groups in total. The van der Waals surface area contributed by atoms with Gasteiger partial charge in [0.25, 0.3) is 0 Å². The zero-order valence-corrected chi connectivity index (χ0v) is 11.6. The summed E-state index contributed by atoms with van der Waals surface area (Å²) in [6, 6.07) is 7.53. The predicted octanol–water partition coefficient (Wildman–Crippen LogP) is 3.20. The summed E-state index contributed by atoms with van der Waals surface area (Å²) in [7, 11) is 0. The number of nitrogens with two attached hydrogens (primary N) is 1. The molecule has 0 fully saturated rings. The van der Waals surface area contributed by atoms with Gasteiger partial charge in [-0.3, -0.25) is 0 Å². The van der Waals surface area contributed by atoms with Crippen molar-refractivity contribution in [3.05, 3.63) is 34.9 Å². The second-order valence-electron chi connectivity index (χ2n) is 4.14. The van der Waals surface area contributed by atoms with Gasteiger partial charge in [-0.1, -0.05) is 17.7 Å². The third-order valence-corrected chi connectivity index (χ3v) is 2.82. The lowest BCUT2D eigenvalue weighted by Crippen LogP contribution is -2.05. The third kappa shape index (κ3) is 3.48. The zero-order valence-electron chi connectivity index (χ0n) is 10.9. The molecule has 0 aliphatic heterocycles. The van der Waals surface area contributed by atoms with E-state index in [1.54, 1.807) is 6.07 Å². The van der Waals surface area contributed by atoms with Crippen LogP contribution >= 0.6 is 11.6 Å². The molecule has 0 unspecified atom stereocenters. The van der Waals surface area contributed by atoms with Crippen LogP contribution in [0.15, 0.2) is 24.3 Å². The van der Waals surface area contributed by atoms with Gasteiger partial charge in [0.1, 0.15) is 11.6 Å². The molecule has 0 atom stereocenters. The van der Waals surface area contributed by atoms with Crippen LogP contribution in [0.5, 0.6) is 0 Å². The number of aromatic nitrogens is 2. The van der Waals surface area contributed by atoms with Gasteiger partial charge >= 0.3 is 0 Å². The number of hydrogen-bond acceptors (Lipinski definition) is 5. The molecule has 2 aromatic rings. The highest BCUT2D eigenvalue weighted by Gasteiger charge is 2.05. The van der Waals surface area contributed by atoms with E-state index in [4.69, 9.17) is 17.3 Å². The minimum atomic E-state index is 0.213. The van der Waals surface area contributed by atoms with Crippen molar-refractivity contribution < 1.29 is 0 Å². The minimum Gasteiger partial charge on any atom is -0.370 e. The van der Waals surface area contributed by atoms with Crippen molar-refractivity contribution in [2.24, 2.45) is 0 Å². The predicted molar refractivity (Wildman–Crippen MR) is 80.1 cm³/mol. The van der Waals surface area contributed by atoms with E-state index in [1.807, 2.05) is 32.0 Å². The first kappa shape index (κ1) is 13.4. The Kier molecular flexibility index (Phi) is 4.06. The van der Waals surface area contributed by atoms with E-state index in [1.165, 1.54) is 0 Å². The van der Waals surface area contributed by atoms with E-state index in [2.05, 4.69) is 20.6 Å². The Hall–Kier alpha value is -2.01. The SMILES string of the molecule is CCNc1cc(Nc2cc(C)ccc2Cl)nc(N)n1. The molecule has 19 heavy (non-hydrogen) atoms. The van der Waals surface area contributed by atoms with E-state index in [-0.39, 0.29) is 5.95 Å². The normalized spacial score (nSPS) is 10.3. The van der Waals surface area contributed by atoms with Crippen LogP contribution in [-0.2, 0) is 0 Å². The first-order valence-electron chi connectivity index (χ1n) is 6.00. The van der Waals surface area contributed by atoms with Gasteiger partial charge in [0.2, 0.25) is 5.95 Å². The van der Waals surface area contributed by atoms with Crippen LogP contribution in [0.2, 0.25) is 5.02 Å². The maximum absolute atomic E-state index is 6.13. The van der Waals surface area contributed by atoms with Crippen LogP contribution < -0.4 is 16.4 Å². The molecule has 0 bridgehead atoms. The van der Waals surface area contributed by atoms with Crippen molar-refractivity contribution in [3.63, 3.8) is 0 Å².